The van der Waals surface area contributed by atoms with Crippen molar-refractivity contribution in [3.8, 4) is 5.75 Å². The van der Waals surface area contributed by atoms with Crippen LogP contribution >= 0.6 is 0 Å². The number of esters is 1. The molecule has 0 bridgehead atoms. The van der Waals surface area contributed by atoms with Gasteiger partial charge in [0.15, 0.2) is 0 Å². The van der Waals surface area contributed by atoms with Crippen molar-refractivity contribution >= 4 is 11.7 Å². The molecule has 0 aromatic heterocycles. The van der Waals surface area contributed by atoms with Gasteiger partial charge in [-0.05, 0) is 43.7 Å². The summed E-state index contributed by atoms with van der Waals surface area (Å²) in [5, 5.41) is 3.45. The smallest absolute Gasteiger partial charge is 0.313 e. The van der Waals surface area contributed by atoms with Crippen LogP contribution in [0, 0.1) is 5.41 Å². The highest BCUT2D eigenvalue weighted by molar-refractivity contribution is 5.78. The van der Waals surface area contributed by atoms with Crippen LogP contribution in [0.3, 0.4) is 0 Å². The zero-order valence-corrected chi connectivity index (χ0v) is 14.0. The lowest BCUT2D eigenvalue weighted by molar-refractivity contribution is -0.151. The van der Waals surface area contributed by atoms with Crippen molar-refractivity contribution in [3.05, 3.63) is 60.2 Å². The molecular weight excluding hydrogens is 290 g/mol. The van der Waals surface area contributed by atoms with Gasteiger partial charge in [-0.1, -0.05) is 30.3 Å². The second-order valence-corrected chi connectivity index (χ2v) is 5.93. The summed E-state index contributed by atoms with van der Waals surface area (Å²) in [6.45, 7) is 3.76. The van der Waals surface area contributed by atoms with E-state index in [0.29, 0.717) is 0 Å². The van der Waals surface area contributed by atoms with Crippen molar-refractivity contribution in [1.29, 1.82) is 0 Å². The SMILES string of the molecule is COC(=O)C(C)(C)C(Nc1ccc(OC)cc1)c1ccccc1. The Bertz CT molecular complexity index is 635. The molecule has 1 N–H and O–H groups in total. The van der Waals surface area contributed by atoms with E-state index in [1.54, 1.807) is 7.11 Å². The maximum atomic E-state index is 12.3. The number of anilines is 1. The number of nitrogens with one attached hydrogen (secondary N) is 1. The lowest BCUT2D eigenvalue weighted by Gasteiger charge is -2.33. The molecule has 0 amide bonds. The molecule has 0 aliphatic rings. The number of rotatable bonds is 6. The lowest BCUT2D eigenvalue weighted by atomic mass is 9.80. The molecule has 1 unspecified atom stereocenters. The van der Waals surface area contributed by atoms with Gasteiger partial charge in [0.1, 0.15) is 5.75 Å². The lowest BCUT2D eigenvalue weighted by Crippen LogP contribution is -2.36. The van der Waals surface area contributed by atoms with Crippen LogP contribution in [-0.2, 0) is 9.53 Å². The van der Waals surface area contributed by atoms with E-state index in [0.717, 1.165) is 17.0 Å². The molecule has 4 nitrogen and oxygen atoms in total. The van der Waals surface area contributed by atoms with Gasteiger partial charge in [0.05, 0.1) is 25.7 Å². The molecule has 0 aliphatic carbocycles. The number of ether oxygens (including phenoxy) is 2. The van der Waals surface area contributed by atoms with Crippen molar-refractivity contribution in [2.75, 3.05) is 19.5 Å². The Morgan fingerprint density at radius 2 is 1.61 bits per heavy atom. The first-order valence-electron chi connectivity index (χ1n) is 7.53. The van der Waals surface area contributed by atoms with Crippen LogP contribution in [0.15, 0.2) is 54.6 Å². The number of hydrogen-bond donors (Lipinski definition) is 1. The summed E-state index contributed by atoms with van der Waals surface area (Å²) in [4.78, 5) is 12.3. The fourth-order valence-corrected chi connectivity index (χ4v) is 2.56. The van der Waals surface area contributed by atoms with Crippen LogP contribution in [-0.4, -0.2) is 20.2 Å². The topological polar surface area (TPSA) is 47.6 Å². The summed E-state index contributed by atoms with van der Waals surface area (Å²) in [5.74, 6) is 0.534. The van der Waals surface area contributed by atoms with Crippen molar-refractivity contribution in [2.24, 2.45) is 5.41 Å². The first-order valence-corrected chi connectivity index (χ1v) is 7.53. The van der Waals surface area contributed by atoms with E-state index in [1.807, 2.05) is 68.4 Å². The van der Waals surface area contributed by atoms with Gasteiger partial charge in [-0.3, -0.25) is 4.79 Å². The third kappa shape index (κ3) is 3.83. The van der Waals surface area contributed by atoms with Gasteiger partial charge in [-0.15, -0.1) is 0 Å². The Morgan fingerprint density at radius 1 is 1.00 bits per heavy atom. The normalized spacial score (nSPS) is 12.3. The van der Waals surface area contributed by atoms with E-state index in [9.17, 15) is 4.79 Å². The van der Waals surface area contributed by atoms with Gasteiger partial charge < -0.3 is 14.8 Å². The zero-order chi connectivity index (χ0) is 16.9. The molecule has 122 valence electrons. The van der Waals surface area contributed by atoms with Crippen LogP contribution in [0.5, 0.6) is 5.75 Å². The Balaban J connectivity index is 2.35. The van der Waals surface area contributed by atoms with Crippen molar-refractivity contribution in [3.63, 3.8) is 0 Å². The molecule has 0 spiro atoms. The van der Waals surface area contributed by atoms with E-state index < -0.39 is 5.41 Å². The minimum atomic E-state index is -0.726. The maximum absolute atomic E-state index is 12.3. The minimum absolute atomic E-state index is 0.218. The summed E-state index contributed by atoms with van der Waals surface area (Å²) in [7, 11) is 3.05. The van der Waals surface area contributed by atoms with Crippen LogP contribution in [0.1, 0.15) is 25.5 Å². The molecule has 0 fully saturated rings. The molecule has 2 rings (SSSR count). The molecule has 0 saturated carbocycles. The van der Waals surface area contributed by atoms with E-state index >= 15 is 0 Å². The van der Waals surface area contributed by atoms with Crippen LogP contribution < -0.4 is 10.1 Å². The fraction of sp³-hybridized carbons (Fsp3) is 0.316. The average Bonchev–Trinajstić information content (AvgIpc) is 2.60. The van der Waals surface area contributed by atoms with E-state index in [4.69, 9.17) is 9.47 Å². The summed E-state index contributed by atoms with van der Waals surface area (Å²) in [5.41, 5.74) is 1.21. The monoisotopic (exact) mass is 313 g/mol. The maximum Gasteiger partial charge on any atom is 0.313 e. The average molecular weight is 313 g/mol. The number of carbonyl (C=O) groups is 1. The Hall–Kier alpha value is -2.49. The quantitative estimate of drug-likeness (QED) is 0.817. The highest BCUT2D eigenvalue weighted by atomic mass is 16.5. The molecule has 0 heterocycles. The van der Waals surface area contributed by atoms with Gasteiger partial charge in [0.25, 0.3) is 0 Å². The molecule has 4 heteroatoms. The predicted octanol–water partition coefficient (Wildman–Crippen LogP) is 4.05. The molecule has 23 heavy (non-hydrogen) atoms. The second-order valence-electron chi connectivity index (χ2n) is 5.93. The first kappa shape index (κ1) is 16.9. The van der Waals surface area contributed by atoms with Crippen molar-refractivity contribution in [2.45, 2.75) is 19.9 Å². The zero-order valence-electron chi connectivity index (χ0n) is 14.0. The van der Waals surface area contributed by atoms with Crippen molar-refractivity contribution < 1.29 is 14.3 Å². The number of benzene rings is 2. The van der Waals surface area contributed by atoms with E-state index in [2.05, 4.69) is 5.32 Å². The predicted molar refractivity (Wildman–Crippen MR) is 91.6 cm³/mol. The molecule has 0 saturated heterocycles. The molecule has 1 atom stereocenters. The molecule has 2 aromatic rings. The first-order chi connectivity index (χ1) is 11.0. The van der Waals surface area contributed by atoms with Gasteiger partial charge in [-0.2, -0.15) is 0 Å². The van der Waals surface area contributed by atoms with Crippen LogP contribution in [0.25, 0.3) is 0 Å². The highest BCUT2D eigenvalue weighted by Crippen LogP contribution is 2.37. The Kier molecular flexibility index (Phi) is 5.27. The van der Waals surface area contributed by atoms with E-state index in [1.165, 1.54) is 7.11 Å². The van der Waals surface area contributed by atoms with E-state index in [-0.39, 0.29) is 12.0 Å². The third-order valence-electron chi connectivity index (χ3n) is 3.97. The van der Waals surface area contributed by atoms with Crippen LogP contribution in [0.4, 0.5) is 5.69 Å². The largest absolute Gasteiger partial charge is 0.497 e. The number of hydrogen-bond acceptors (Lipinski definition) is 4. The summed E-state index contributed by atoms with van der Waals surface area (Å²) >= 11 is 0. The van der Waals surface area contributed by atoms with Crippen molar-refractivity contribution in [1.82, 2.24) is 0 Å². The molecule has 0 radical (unpaired) electrons. The standard InChI is InChI=1S/C19H23NO3/c1-19(2,18(21)23-4)17(14-8-6-5-7-9-14)20-15-10-12-16(22-3)13-11-15/h5-13,17,20H,1-4H3. The third-order valence-corrected chi connectivity index (χ3v) is 3.97. The second kappa shape index (κ2) is 7.18. The highest BCUT2D eigenvalue weighted by Gasteiger charge is 2.39. The van der Waals surface area contributed by atoms with Gasteiger partial charge in [0.2, 0.25) is 0 Å². The minimum Gasteiger partial charge on any atom is -0.497 e. The number of methoxy groups -OCH3 is 2. The molecular formula is C19H23NO3. The summed E-state index contributed by atoms with van der Waals surface area (Å²) < 4.78 is 10.2. The fourth-order valence-electron chi connectivity index (χ4n) is 2.56. The van der Waals surface area contributed by atoms with Crippen LogP contribution in [0.2, 0.25) is 0 Å². The summed E-state index contributed by atoms with van der Waals surface area (Å²) in [6.07, 6.45) is 0. The summed E-state index contributed by atoms with van der Waals surface area (Å²) in [6, 6.07) is 17.3. The molecule has 0 aliphatic heterocycles. The van der Waals surface area contributed by atoms with Gasteiger partial charge in [-0.25, -0.2) is 0 Å². The Labute approximate surface area is 137 Å². The van der Waals surface area contributed by atoms with Gasteiger partial charge in [0, 0.05) is 5.69 Å². The molecule has 2 aromatic carbocycles. The number of carbonyl (C=O) groups excluding carboxylic acids is 1. The Morgan fingerprint density at radius 3 is 2.13 bits per heavy atom. The van der Waals surface area contributed by atoms with Gasteiger partial charge >= 0.3 is 5.97 Å².